The van der Waals surface area contributed by atoms with E-state index >= 15 is 0 Å². The molecule has 1 aromatic rings. The summed E-state index contributed by atoms with van der Waals surface area (Å²) in [4.78, 5) is 36.3. The number of carbonyl (C=O) groups is 3. The van der Waals surface area contributed by atoms with Crippen molar-refractivity contribution in [1.29, 1.82) is 0 Å². The lowest BCUT2D eigenvalue weighted by atomic mass is 10.2. The molecule has 0 saturated carbocycles. The van der Waals surface area contributed by atoms with E-state index in [0.717, 1.165) is 6.07 Å². The molecule has 2 N–H and O–H groups in total. The molecule has 0 bridgehead atoms. The van der Waals surface area contributed by atoms with Crippen LogP contribution in [0.2, 0.25) is 0 Å². The van der Waals surface area contributed by atoms with Gasteiger partial charge in [0.05, 0.1) is 5.69 Å². The van der Waals surface area contributed by atoms with Gasteiger partial charge in [0.1, 0.15) is 12.6 Å². The number of imide groups is 1. The summed E-state index contributed by atoms with van der Waals surface area (Å²) in [5, 5.41) is 4.45. The van der Waals surface area contributed by atoms with Crippen molar-refractivity contribution in [3.05, 3.63) is 29.6 Å². The summed E-state index contributed by atoms with van der Waals surface area (Å²) in [7, 11) is 0. The highest BCUT2D eigenvalue weighted by molar-refractivity contribution is 7.98. The van der Waals surface area contributed by atoms with Gasteiger partial charge in [0.2, 0.25) is 5.91 Å². The fraction of sp³-hybridized carbons (Fsp3) is 0.357. The average molecular weight is 361 g/mol. The summed E-state index contributed by atoms with van der Waals surface area (Å²) in [5.74, 6) is -5.49. The molecule has 1 aromatic carbocycles. The molecule has 10 heteroatoms. The fourth-order valence-corrected chi connectivity index (χ4v) is 2.59. The van der Waals surface area contributed by atoms with E-state index in [9.17, 15) is 27.6 Å². The van der Waals surface area contributed by atoms with Gasteiger partial charge in [-0.25, -0.2) is 18.0 Å². The molecule has 1 heterocycles. The second kappa shape index (κ2) is 7.56. The first-order chi connectivity index (χ1) is 11.3. The number of benzene rings is 1. The quantitative estimate of drug-likeness (QED) is 0.597. The number of urea groups is 1. The molecular formula is C14H14F3N3O3S. The molecule has 1 aliphatic rings. The van der Waals surface area contributed by atoms with Crippen LogP contribution in [0, 0.1) is 17.5 Å². The summed E-state index contributed by atoms with van der Waals surface area (Å²) in [6.45, 7) is -0.654. The third kappa shape index (κ3) is 3.81. The van der Waals surface area contributed by atoms with Crippen molar-refractivity contribution in [2.24, 2.45) is 0 Å². The normalized spacial score (nSPS) is 17.2. The molecule has 1 atom stereocenters. The van der Waals surface area contributed by atoms with Crippen LogP contribution in [-0.2, 0) is 9.59 Å². The van der Waals surface area contributed by atoms with E-state index in [2.05, 4.69) is 5.32 Å². The standard InChI is InChI=1S/C14H14F3N3O3S/c1-24-5-4-9-13(22)20(14(23)19-9)6-10(21)18-8-3-2-7(15)11(16)12(8)17/h2-3,9H,4-6H2,1H3,(H,18,21)(H,19,23). The Labute approximate surface area is 139 Å². The number of halogens is 3. The maximum atomic E-state index is 13.5. The Bertz CT molecular complexity index is 687. The van der Waals surface area contributed by atoms with E-state index < -0.39 is 53.6 Å². The van der Waals surface area contributed by atoms with Crippen LogP contribution in [0.4, 0.5) is 23.7 Å². The number of thioether (sulfide) groups is 1. The Morgan fingerprint density at radius 3 is 2.67 bits per heavy atom. The van der Waals surface area contributed by atoms with Gasteiger partial charge in [-0.2, -0.15) is 11.8 Å². The number of amides is 4. The van der Waals surface area contributed by atoms with Crippen molar-refractivity contribution >= 4 is 35.3 Å². The van der Waals surface area contributed by atoms with Crippen LogP contribution in [0.1, 0.15) is 6.42 Å². The predicted molar refractivity (Wildman–Crippen MR) is 82.0 cm³/mol. The third-order valence-corrected chi connectivity index (χ3v) is 3.97. The number of anilines is 1. The number of carbonyl (C=O) groups excluding carboxylic acids is 3. The molecule has 2 rings (SSSR count). The maximum Gasteiger partial charge on any atom is 0.325 e. The molecule has 24 heavy (non-hydrogen) atoms. The van der Waals surface area contributed by atoms with Crippen LogP contribution in [0.5, 0.6) is 0 Å². The van der Waals surface area contributed by atoms with Crippen LogP contribution >= 0.6 is 11.8 Å². The molecule has 1 saturated heterocycles. The molecule has 4 amide bonds. The van der Waals surface area contributed by atoms with Crippen molar-refractivity contribution in [2.45, 2.75) is 12.5 Å². The largest absolute Gasteiger partial charge is 0.326 e. The van der Waals surface area contributed by atoms with Gasteiger partial charge in [-0.15, -0.1) is 0 Å². The van der Waals surface area contributed by atoms with Gasteiger partial charge in [-0.3, -0.25) is 14.5 Å². The minimum atomic E-state index is -1.72. The zero-order valence-electron chi connectivity index (χ0n) is 12.6. The smallest absolute Gasteiger partial charge is 0.325 e. The summed E-state index contributed by atoms with van der Waals surface area (Å²) < 4.78 is 39.4. The Morgan fingerprint density at radius 2 is 2.00 bits per heavy atom. The highest BCUT2D eigenvalue weighted by atomic mass is 32.2. The third-order valence-electron chi connectivity index (χ3n) is 3.33. The first kappa shape index (κ1) is 18.1. The monoisotopic (exact) mass is 361 g/mol. The molecule has 1 fully saturated rings. The van der Waals surface area contributed by atoms with Gasteiger partial charge in [0.25, 0.3) is 5.91 Å². The second-order valence-electron chi connectivity index (χ2n) is 4.98. The number of nitrogens with one attached hydrogen (secondary N) is 2. The molecule has 130 valence electrons. The lowest BCUT2D eigenvalue weighted by Crippen LogP contribution is -2.38. The van der Waals surface area contributed by atoms with Crippen molar-refractivity contribution in [3.63, 3.8) is 0 Å². The molecule has 1 aliphatic heterocycles. The number of hydrogen-bond donors (Lipinski definition) is 2. The van der Waals surface area contributed by atoms with E-state index in [0.29, 0.717) is 23.1 Å². The number of nitrogens with zero attached hydrogens (tertiary/aromatic N) is 1. The Morgan fingerprint density at radius 1 is 1.29 bits per heavy atom. The lowest BCUT2D eigenvalue weighted by Gasteiger charge is -2.13. The molecular weight excluding hydrogens is 347 g/mol. The molecule has 0 aromatic heterocycles. The Balaban J connectivity index is 2.01. The molecule has 1 unspecified atom stereocenters. The van der Waals surface area contributed by atoms with E-state index in [4.69, 9.17) is 0 Å². The molecule has 0 radical (unpaired) electrons. The molecule has 0 spiro atoms. The first-order valence-corrected chi connectivity index (χ1v) is 8.28. The van der Waals surface area contributed by atoms with E-state index in [1.54, 1.807) is 0 Å². The van der Waals surface area contributed by atoms with Crippen LogP contribution in [-0.4, -0.2) is 47.3 Å². The van der Waals surface area contributed by atoms with Crippen molar-refractivity contribution in [3.8, 4) is 0 Å². The fourth-order valence-electron chi connectivity index (χ4n) is 2.11. The average Bonchev–Trinajstić information content (AvgIpc) is 2.81. The van der Waals surface area contributed by atoms with Gasteiger partial charge in [0.15, 0.2) is 17.5 Å². The van der Waals surface area contributed by atoms with Crippen molar-refractivity contribution in [2.75, 3.05) is 23.9 Å². The summed E-state index contributed by atoms with van der Waals surface area (Å²) in [6.07, 6.45) is 2.27. The second-order valence-corrected chi connectivity index (χ2v) is 5.96. The van der Waals surface area contributed by atoms with Crippen molar-refractivity contribution < 1.29 is 27.6 Å². The minimum Gasteiger partial charge on any atom is -0.326 e. The first-order valence-electron chi connectivity index (χ1n) is 6.89. The molecule has 0 aliphatic carbocycles. The highest BCUT2D eigenvalue weighted by Crippen LogP contribution is 2.20. The topological polar surface area (TPSA) is 78.5 Å². The SMILES string of the molecule is CSCCC1NC(=O)N(CC(=O)Nc2ccc(F)c(F)c2F)C1=O. The van der Waals surface area contributed by atoms with Crippen LogP contribution in [0.15, 0.2) is 12.1 Å². The van der Waals surface area contributed by atoms with E-state index in [1.165, 1.54) is 11.8 Å². The zero-order valence-corrected chi connectivity index (χ0v) is 13.4. The number of hydrogen-bond acceptors (Lipinski definition) is 4. The zero-order chi connectivity index (χ0) is 17.9. The highest BCUT2D eigenvalue weighted by Gasteiger charge is 2.38. The number of rotatable bonds is 6. The van der Waals surface area contributed by atoms with Gasteiger partial charge in [-0.1, -0.05) is 0 Å². The predicted octanol–water partition coefficient (Wildman–Crippen LogP) is 1.72. The van der Waals surface area contributed by atoms with Gasteiger partial charge >= 0.3 is 6.03 Å². The van der Waals surface area contributed by atoms with E-state index in [1.807, 2.05) is 11.6 Å². The van der Waals surface area contributed by atoms with Crippen LogP contribution in [0.25, 0.3) is 0 Å². The van der Waals surface area contributed by atoms with Crippen LogP contribution < -0.4 is 10.6 Å². The van der Waals surface area contributed by atoms with Crippen molar-refractivity contribution in [1.82, 2.24) is 10.2 Å². The minimum absolute atomic E-state index is 0.418. The van der Waals surface area contributed by atoms with Gasteiger partial charge < -0.3 is 10.6 Å². The Hall–Kier alpha value is -2.23. The van der Waals surface area contributed by atoms with Crippen LogP contribution in [0.3, 0.4) is 0 Å². The van der Waals surface area contributed by atoms with E-state index in [-0.39, 0.29) is 0 Å². The summed E-state index contributed by atoms with van der Waals surface area (Å²) in [6, 6.07) is 0.0590. The summed E-state index contributed by atoms with van der Waals surface area (Å²) in [5.41, 5.74) is -0.579. The maximum absolute atomic E-state index is 13.5. The summed E-state index contributed by atoms with van der Waals surface area (Å²) >= 11 is 1.50. The van der Waals surface area contributed by atoms with Gasteiger partial charge in [0, 0.05) is 0 Å². The molecule has 6 nitrogen and oxygen atoms in total. The van der Waals surface area contributed by atoms with Gasteiger partial charge in [-0.05, 0) is 30.6 Å². The lowest BCUT2D eigenvalue weighted by molar-refractivity contribution is -0.130. The Kier molecular flexibility index (Phi) is 5.71.